The Morgan fingerprint density at radius 1 is 1.43 bits per heavy atom. The molecule has 0 heterocycles. The molecule has 0 saturated heterocycles. The first-order valence-corrected chi connectivity index (χ1v) is 4.97. The van der Waals surface area contributed by atoms with E-state index < -0.39 is 0 Å². The van der Waals surface area contributed by atoms with Gasteiger partial charge in [-0.25, -0.2) is 0 Å². The summed E-state index contributed by atoms with van der Waals surface area (Å²) in [6.07, 6.45) is 2.60. The summed E-state index contributed by atoms with van der Waals surface area (Å²) in [7, 11) is 0. The van der Waals surface area contributed by atoms with Gasteiger partial charge in [-0.1, -0.05) is 19.1 Å². The Hall–Kier alpha value is -1.49. The molecule has 0 amide bonds. The van der Waals surface area contributed by atoms with Crippen molar-refractivity contribution in [1.82, 2.24) is 0 Å². The first-order valence-electron chi connectivity index (χ1n) is 4.97. The largest absolute Gasteiger partial charge is 0.383 e. The summed E-state index contributed by atoms with van der Waals surface area (Å²) in [6.45, 7) is 3.25. The summed E-state index contributed by atoms with van der Waals surface area (Å²) in [5, 5.41) is 12.2. The SMILES string of the molecule is CC1(CNc2ccccc2C#N)CC1. The number of nitrogens with zero attached hydrogens (tertiary/aromatic N) is 1. The van der Waals surface area contributed by atoms with E-state index in [0.29, 0.717) is 5.41 Å². The van der Waals surface area contributed by atoms with Crippen LogP contribution in [-0.4, -0.2) is 6.54 Å². The number of rotatable bonds is 3. The molecule has 2 nitrogen and oxygen atoms in total. The minimum atomic E-state index is 0.475. The van der Waals surface area contributed by atoms with E-state index in [1.165, 1.54) is 12.8 Å². The van der Waals surface area contributed by atoms with Gasteiger partial charge in [-0.05, 0) is 30.4 Å². The smallest absolute Gasteiger partial charge is 0.101 e. The minimum Gasteiger partial charge on any atom is -0.383 e. The van der Waals surface area contributed by atoms with Crippen LogP contribution in [0.1, 0.15) is 25.3 Å². The lowest BCUT2D eigenvalue weighted by Crippen LogP contribution is -2.12. The molecule has 0 unspecified atom stereocenters. The molecule has 72 valence electrons. The van der Waals surface area contributed by atoms with Crippen molar-refractivity contribution in [2.75, 3.05) is 11.9 Å². The van der Waals surface area contributed by atoms with E-state index in [9.17, 15) is 0 Å². The summed E-state index contributed by atoms with van der Waals surface area (Å²) in [6, 6.07) is 9.85. The maximum atomic E-state index is 8.87. The third kappa shape index (κ3) is 1.88. The van der Waals surface area contributed by atoms with Crippen LogP contribution in [0, 0.1) is 16.7 Å². The molecule has 0 aliphatic heterocycles. The van der Waals surface area contributed by atoms with Gasteiger partial charge in [-0.15, -0.1) is 0 Å². The highest BCUT2D eigenvalue weighted by Crippen LogP contribution is 2.44. The second-order valence-corrected chi connectivity index (χ2v) is 4.32. The van der Waals surface area contributed by atoms with Gasteiger partial charge in [0.05, 0.1) is 11.3 Å². The van der Waals surface area contributed by atoms with Crippen molar-refractivity contribution in [2.24, 2.45) is 5.41 Å². The van der Waals surface area contributed by atoms with E-state index >= 15 is 0 Å². The van der Waals surface area contributed by atoms with Crippen LogP contribution in [0.25, 0.3) is 0 Å². The maximum absolute atomic E-state index is 8.87. The summed E-state index contributed by atoms with van der Waals surface area (Å²) in [5.74, 6) is 0. The minimum absolute atomic E-state index is 0.475. The lowest BCUT2D eigenvalue weighted by atomic mass is 10.1. The molecule has 1 aliphatic rings. The fraction of sp³-hybridized carbons (Fsp3) is 0.417. The molecule has 2 rings (SSSR count). The standard InChI is InChI=1S/C12H14N2/c1-12(6-7-12)9-14-11-5-3-2-4-10(11)8-13/h2-5,14H,6-7,9H2,1H3. The molecule has 1 aromatic carbocycles. The summed E-state index contributed by atoms with van der Waals surface area (Å²) in [5.41, 5.74) is 2.17. The van der Waals surface area contributed by atoms with Gasteiger partial charge >= 0.3 is 0 Å². The molecule has 1 saturated carbocycles. The quantitative estimate of drug-likeness (QED) is 0.787. The molecule has 0 radical (unpaired) electrons. The fourth-order valence-electron chi connectivity index (χ4n) is 1.43. The van der Waals surface area contributed by atoms with Gasteiger partial charge in [-0.2, -0.15) is 5.26 Å². The van der Waals surface area contributed by atoms with Gasteiger partial charge in [0.25, 0.3) is 0 Å². The van der Waals surface area contributed by atoms with E-state index in [1.807, 2.05) is 24.3 Å². The molecule has 14 heavy (non-hydrogen) atoms. The molecule has 0 spiro atoms. The topological polar surface area (TPSA) is 35.8 Å². The first kappa shape index (κ1) is 9.08. The fourth-order valence-corrected chi connectivity index (χ4v) is 1.43. The molecular formula is C12H14N2. The molecule has 1 fully saturated rings. The molecule has 0 bridgehead atoms. The third-order valence-electron chi connectivity index (χ3n) is 2.86. The monoisotopic (exact) mass is 186 g/mol. The molecular weight excluding hydrogens is 172 g/mol. The summed E-state index contributed by atoms with van der Waals surface area (Å²) in [4.78, 5) is 0. The van der Waals surface area contributed by atoms with Gasteiger partial charge in [0, 0.05) is 6.54 Å². The van der Waals surface area contributed by atoms with Crippen molar-refractivity contribution in [3.05, 3.63) is 29.8 Å². The zero-order valence-corrected chi connectivity index (χ0v) is 8.38. The molecule has 1 aromatic rings. The highest BCUT2D eigenvalue weighted by molar-refractivity contribution is 5.57. The van der Waals surface area contributed by atoms with Gasteiger partial charge in [-0.3, -0.25) is 0 Å². The summed E-state index contributed by atoms with van der Waals surface area (Å²) < 4.78 is 0. The molecule has 0 atom stereocenters. The first-order chi connectivity index (χ1) is 6.73. The molecule has 2 heteroatoms. The van der Waals surface area contributed by atoms with Gasteiger partial charge < -0.3 is 5.32 Å². The predicted molar refractivity (Wildman–Crippen MR) is 57.0 cm³/mol. The van der Waals surface area contributed by atoms with Crippen LogP contribution >= 0.6 is 0 Å². The number of para-hydroxylation sites is 1. The highest BCUT2D eigenvalue weighted by atomic mass is 14.9. The lowest BCUT2D eigenvalue weighted by Gasteiger charge is -2.12. The number of benzene rings is 1. The molecule has 1 N–H and O–H groups in total. The second kappa shape index (κ2) is 3.34. The van der Waals surface area contributed by atoms with E-state index in [2.05, 4.69) is 18.3 Å². The Morgan fingerprint density at radius 3 is 2.79 bits per heavy atom. The van der Waals surface area contributed by atoms with Crippen LogP contribution in [0.4, 0.5) is 5.69 Å². The molecule has 1 aliphatic carbocycles. The van der Waals surface area contributed by atoms with E-state index in [-0.39, 0.29) is 0 Å². The number of nitrogens with one attached hydrogen (secondary N) is 1. The van der Waals surface area contributed by atoms with Crippen LogP contribution in [0.3, 0.4) is 0 Å². The Labute approximate surface area is 84.6 Å². The number of hydrogen-bond donors (Lipinski definition) is 1. The van der Waals surface area contributed by atoms with E-state index in [4.69, 9.17) is 5.26 Å². The normalized spacial score (nSPS) is 17.1. The Bertz CT molecular complexity index is 372. The Balaban J connectivity index is 2.05. The van der Waals surface area contributed by atoms with Crippen molar-refractivity contribution in [3.63, 3.8) is 0 Å². The van der Waals surface area contributed by atoms with E-state index in [0.717, 1.165) is 17.8 Å². The van der Waals surface area contributed by atoms with Crippen LogP contribution in [0.15, 0.2) is 24.3 Å². The lowest BCUT2D eigenvalue weighted by molar-refractivity contribution is 0.610. The third-order valence-corrected chi connectivity index (χ3v) is 2.86. The average molecular weight is 186 g/mol. The van der Waals surface area contributed by atoms with Crippen LogP contribution < -0.4 is 5.32 Å². The zero-order valence-electron chi connectivity index (χ0n) is 8.38. The second-order valence-electron chi connectivity index (χ2n) is 4.32. The van der Waals surface area contributed by atoms with Crippen molar-refractivity contribution >= 4 is 5.69 Å². The van der Waals surface area contributed by atoms with Crippen LogP contribution in [0.5, 0.6) is 0 Å². The van der Waals surface area contributed by atoms with Crippen LogP contribution in [0.2, 0.25) is 0 Å². The number of anilines is 1. The maximum Gasteiger partial charge on any atom is 0.101 e. The highest BCUT2D eigenvalue weighted by Gasteiger charge is 2.36. The Morgan fingerprint density at radius 2 is 2.14 bits per heavy atom. The number of hydrogen-bond acceptors (Lipinski definition) is 2. The summed E-state index contributed by atoms with van der Waals surface area (Å²) >= 11 is 0. The van der Waals surface area contributed by atoms with Crippen molar-refractivity contribution in [2.45, 2.75) is 19.8 Å². The van der Waals surface area contributed by atoms with E-state index in [1.54, 1.807) is 0 Å². The van der Waals surface area contributed by atoms with Crippen molar-refractivity contribution in [3.8, 4) is 6.07 Å². The van der Waals surface area contributed by atoms with Crippen LogP contribution in [-0.2, 0) is 0 Å². The van der Waals surface area contributed by atoms with Crippen molar-refractivity contribution < 1.29 is 0 Å². The predicted octanol–water partition coefficient (Wildman–Crippen LogP) is 2.77. The number of nitriles is 1. The van der Waals surface area contributed by atoms with Gasteiger partial charge in [0.1, 0.15) is 6.07 Å². The Kier molecular flexibility index (Phi) is 2.17. The average Bonchev–Trinajstić information content (AvgIpc) is 2.95. The molecule has 0 aromatic heterocycles. The van der Waals surface area contributed by atoms with Gasteiger partial charge in [0.2, 0.25) is 0 Å². The zero-order chi connectivity index (χ0) is 10.0. The van der Waals surface area contributed by atoms with Gasteiger partial charge in [0.15, 0.2) is 0 Å². The van der Waals surface area contributed by atoms with Crippen molar-refractivity contribution in [1.29, 1.82) is 5.26 Å².